The van der Waals surface area contributed by atoms with E-state index in [-0.39, 0.29) is 11.2 Å². The summed E-state index contributed by atoms with van der Waals surface area (Å²) in [5.41, 5.74) is 1.23. The Kier molecular flexibility index (Phi) is 4.69. The quantitative estimate of drug-likeness (QED) is 0.581. The molecular weight excluding hydrogens is 208 g/mol. The van der Waals surface area contributed by atoms with Gasteiger partial charge < -0.3 is 4.74 Å². The summed E-state index contributed by atoms with van der Waals surface area (Å²) >= 11 is 1.56. The van der Waals surface area contributed by atoms with E-state index in [2.05, 4.69) is 0 Å². The smallest absolute Gasteiger partial charge is 0.319 e. The lowest BCUT2D eigenvalue weighted by molar-refractivity contribution is -0.140. The molecule has 0 amide bonds. The van der Waals surface area contributed by atoms with Crippen LogP contribution in [0.15, 0.2) is 29.2 Å². The summed E-state index contributed by atoms with van der Waals surface area (Å²) in [6.45, 7) is 4.04. The number of hydrogen-bond donors (Lipinski definition) is 0. The zero-order valence-corrected chi connectivity index (χ0v) is 10.1. The molecule has 0 aliphatic carbocycles. The average molecular weight is 224 g/mol. The Bertz CT molecular complexity index is 319. The van der Waals surface area contributed by atoms with Crippen molar-refractivity contribution in [2.45, 2.75) is 30.4 Å². The SMILES string of the molecule is CCC(Sc1ccc(C)cc1)C(=O)OC. The highest BCUT2D eigenvalue weighted by molar-refractivity contribution is 8.00. The van der Waals surface area contributed by atoms with Gasteiger partial charge in [-0.15, -0.1) is 11.8 Å². The van der Waals surface area contributed by atoms with Crippen molar-refractivity contribution in [2.24, 2.45) is 0 Å². The fourth-order valence-electron chi connectivity index (χ4n) is 1.21. The van der Waals surface area contributed by atoms with Crippen molar-refractivity contribution in [1.82, 2.24) is 0 Å². The highest BCUT2D eigenvalue weighted by Crippen LogP contribution is 2.26. The Balaban J connectivity index is 2.66. The molecule has 3 heteroatoms. The lowest BCUT2D eigenvalue weighted by Crippen LogP contribution is -2.17. The maximum atomic E-state index is 11.4. The van der Waals surface area contributed by atoms with E-state index in [9.17, 15) is 4.79 Å². The molecule has 0 aliphatic heterocycles. The number of benzene rings is 1. The minimum Gasteiger partial charge on any atom is -0.468 e. The molecule has 1 atom stereocenters. The molecule has 0 aromatic heterocycles. The second kappa shape index (κ2) is 5.81. The molecule has 1 aromatic carbocycles. The number of ether oxygens (including phenoxy) is 1. The molecule has 0 spiro atoms. The second-order valence-corrected chi connectivity index (χ2v) is 4.63. The van der Waals surface area contributed by atoms with Gasteiger partial charge in [-0.1, -0.05) is 24.6 Å². The van der Waals surface area contributed by atoms with Crippen molar-refractivity contribution < 1.29 is 9.53 Å². The van der Waals surface area contributed by atoms with E-state index < -0.39 is 0 Å². The lowest BCUT2D eigenvalue weighted by Gasteiger charge is -2.11. The lowest BCUT2D eigenvalue weighted by atomic mass is 10.2. The van der Waals surface area contributed by atoms with E-state index in [0.717, 1.165) is 11.3 Å². The number of rotatable bonds is 4. The number of carbonyl (C=O) groups excluding carboxylic acids is 1. The zero-order valence-electron chi connectivity index (χ0n) is 9.32. The topological polar surface area (TPSA) is 26.3 Å². The first-order valence-electron chi connectivity index (χ1n) is 4.98. The highest BCUT2D eigenvalue weighted by Gasteiger charge is 2.17. The minimum absolute atomic E-state index is 0.0993. The third kappa shape index (κ3) is 3.59. The monoisotopic (exact) mass is 224 g/mol. The number of aryl methyl sites for hydroxylation is 1. The molecule has 2 nitrogen and oxygen atoms in total. The van der Waals surface area contributed by atoms with E-state index in [1.807, 2.05) is 38.1 Å². The first-order chi connectivity index (χ1) is 7.17. The standard InChI is InChI=1S/C12H16O2S/c1-4-11(12(13)14-3)15-10-7-5-9(2)6-8-10/h5-8,11H,4H2,1-3H3. The summed E-state index contributed by atoms with van der Waals surface area (Å²) < 4.78 is 4.74. The molecule has 1 unspecified atom stereocenters. The Morgan fingerprint density at radius 2 is 2.00 bits per heavy atom. The van der Waals surface area contributed by atoms with Gasteiger partial charge in [0, 0.05) is 4.90 Å². The molecule has 0 aliphatic rings. The van der Waals surface area contributed by atoms with Gasteiger partial charge in [-0.2, -0.15) is 0 Å². The number of esters is 1. The van der Waals surface area contributed by atoms with Crippen LogP contribution >= 0.6 is 11.8 Å². The molecule has 1 aromatic rings. The van der Waals surface area contributed by atoms with Crippen molar-refractivity contribution in [3.8, 4) is 0 Å². The molecule has 82 valence electrons. The van der Waals surface area contributed by atoms with Crippen molar-refractivity contribution in [2.75, 3.05) is 7.11 Å². The van der Waals surface area contributed by atoms with Gasteiger partial charge in [0.1, 0.15) is 5.25 Å². The fourth-order valence-corrected chi connectivity index (χ4v) is 2.19. The van der Waals surface area contributed by atoms with E-state index in [1.165, 1.54) is 12.7 Å². The zero-order chi connectivity index (χ0) is 11.3. The molecule has 0 N–H and O–H groups in total. The molecule has 0 saturated carbocycles. The molecule has 0 saturated heterocycles. The van der Waals surface area contributed by atoms with Gasteiger partial charge in [0.2, 0.25) is 0 Å². The maximum absolute atomic E-state index is 11.4. The van der Waals surface area contributed by atoms with Crippen LogP contribution in [0.2, 0.25) is 0 Å². The van der Waals surface area contributed by atoms with E-state index in [0.29, 0.717) is 0 Å². The number of thioether (sulfide) groups is 1. The molecule has 0 heterocycles. The molecular formula is C12H16O2S. The van der Waals surface area contributed by atoms with Crippen LogP contribution < -0.4 is 0 Å². The highest BCUT2D eigenvalue weighted by atomic mass is 32.2. The maximum Gasteiger partial charge on any atom is 0.319 e. The average Bonchev–Trinajstić information content (AvgIpc) is 2.27. The molecule has 0 bridgehead atoms. The van der Waals surface area contributed by atoms with Gasteiger partial charge in [-0.3, -0.25) is 4.79 Å². The summed E-state index contributed by atoms with van der Waals surface area (Å²) in [4.78, 5) is 12.5. The summed E-state index contributed by atoms with van der Waals surface area (Å²) in [6.07, 6.45) is 0.783. The third-order valence-electron chi connectivity index (χ3n) is 2.13. The Morgan fingerprint density at radius 1 is 1.40 bits per heavy atom. The number of carbonyl (C=O) groups is 1. The van der Waals surface area contributed by atoms with Crippen LogP contribution in [-0.4, -0.2) is 18.3 Å². The number of hydrogen-bond acceptors (Lipinski definition) is 3. The molecule has 1 rings (SSSR count). The van der Waals surface area contributed by atoms with Crippen molar-refractivity contribution >= 4 is 17.7 Å². The van der Waals surface area contributed by atoms with Crippen molar-refractivity contribution in [3.05, 3.63) is 29.8 Å². The predicted molar refractivity (Wildman–Crippen MR) is 63.1 cm³/mol. The van der Waals surface area contributed by atoms with Crippen molar-refractivity contribution in [3.63, 3.8) is 0 Å². The summed E-state index contributed by atoms with van der Waals surface area (Å²) in [7, 11) is 1.43. The summed E-state index contributed by atoms with van der Waals surface area (Å²) in [5, 5.41) is -0.0993. The van der Waals surface area contributed by atoms with Gasteiger partial charge in [0.15, 0.2) is 0 Å². The molecule has 0 radical (unpaired) electrons. The first kappa shape index (κ1) is 12.1. The van der Waals surface area contributed by atoms with Gasteiger partial charge in [-0.05, 0) is 25.5 Å². The Labute approximate surface area is 95.0 Å². The Morgan fingerprint density at radius 3 is 2.47 bits per heavy atom. The van der Waals surface area contributed by atoms with Crippen LogP contribution in [0.1, 0.15) is 18.9 Å². The van der Waals surface area contributed by atoms with Gasteiger partial charge in [0.25, 0.3) is 0 Å². The van der Waals surface area contributed by atoms with Crippen LogP contribution in [0, 0.1) is 6.92 Å². The summed E-state index contributed by atoms with van der Waals surface area (Å²) in [6, 6.07) is 8.16. The van der Waals surface area contributed by atoms with E-state index in [4.69, 9.17) is 4.74 Å². The van der Waals surface area contributed by atoms with Crippen LogP contribution in [0.5, 0.6) is 0 Å². The predicted octanol–water partition coefficient (Wildman–Crippen LogP) is 3.04. The van der Waals surface area contributed by atoms with Crippen LogP contribution in [0.25, 0.3) is 0 Å². The molecule has 0 fully saturated rings. The van der Waals surface area contributed by atoms with Gasteiger partial charge in [-0.25, -0.2) is 0 Å². The van der Waals surface area contributed by atoms with E-state index >= 15 is 0 Å². The van der Waals surface area contributed by atoms with Crippen LogP contribution in [-0.2, 0) is 9.53 Å². The van der Waals surface area contributed by atoms with Crippen LogP contribution in [0.4, 0.5) is 0 Å². The minimum atomic E-state index is -0.150. The largest absolute Gasteiger partial charge is 0.468 e. The summed E-state index contributed by atoms with van der Waals surface area (Å²) in [5.74, 6) is -0.150. The van der Waals surface area contributed by atoms with Gasteiger partial charge in [0.05, 0.1) is 7.11 Å². The van der Waals surface area contributed by atoms with Crippen molar-refractivity contribution in [1.29, 1.82) is 0 Å². The van der Waals surface area contributed by atoms with E-state index in [1.54, 1.807) is 11.8 Å². The third-order valence-corrected chi connectivity index (χ3v) is 3.49. The normalized spacial score (nSPS) is 12.2. The second-order valence-electron chi connectivity index (χ2n) is 3.35. The first-order valence-corrected chi connectivity index (χ1v) is 5.86. The number of methoxy groups -OCH3 is 1. The molecule has 15 heavy (non-hydrogen) atoms. The van der Waals surface area contributed by atoms with Gasteiger partial charge >= 0.3 is 5.97 Å². The van der Waals surface area contributed by atoms with Crippen LogP contribution in [0.3, 0.4) is 0 Å². The Hall–Kier alpha value is -0.960. The fraction of sp³-hybridized carbons (Fsp3) is 0.417.